The number of phenolic OH excluding ortho intramolecular Hbond substituents is 2. The van der Waals surface area contributed by atoms with E-state index in [2.05, 4.69) is 0 Å². The van der Waals surface area contributed by atoms with Crippen LogP contribution in [0.2, 0.25) is 0 Å². The summed E-state index contributed by atoms with van der Waals surface area (Å²) in [5, 5.41) is 48.9. The fraction of sp³-hybridized carbons (Fsp3) is 0.240. The normalized spacial score (nSPS) is 24.3. The van der Waals surface area contributed by atoms with E-state index in [4.69, 9.17) is 9.47 Å². The van der Waals surface area contributed by atoms with Gasteiger partial charge in [0.1, 0.15) is 23.7 Å². The number of carboxylic acid groups (broad SMARTS) is 1. The molecule has 2 aromatic carbocycles. The lowest BCUT2D eigenvalue weighted by Crippen LogP contribution is -2.58. The van der Waals surface area contributed by atoms with E-state index >= 15 is 0 Å². The van der Waals surface area contributed by atoms with Gasteiger partial charge in [-0.2, -0.15) is 0 Å². The van der Waals surface area contributed by atoms with Crippen LogP contribution in [0.4, 0.5) is 0 Å². The predicted molar refractivity (Wildman–Crippen MR) is 122 cm³/mol. The molecule has 1 fully saturated rings. The van der Waals surface area contributed by atoms with Gasteiger partial charge in [0.25, 0.3) is 0 Å². The maximum absolute atomic E-state index is 12.4. The molecule has 0 unspecified atom stereocenters. The van der Waals surface area contributed by atoms with Gasteiger partial charge >= 0.3 is 17.9 Å². The Bertz CT molecular complexity index is 1120. The van der Waals surface area contributed by atoms with Crippen LogP contribution in [0.1, 0.15) is 24.0 Å². The SMILES string of the molecule is O=C(C=Cc1ccc(O)cc1)O[C@@H]1C[C@](OC(=O)/C=C/c2ccc(O)cc2)(C(=O)O)C[C@@H](O)[C@H]1O. The lowest BCUT2D eigenvalue weighted by atomic mass is 9.79. The third-order valence-corrected chi connectivity index (χ3v) is 5.41. The van der Waals surface area contributed by atoms with Crippen LogP contribution < -0.4 is 0 Å². The number of carbonyl (C=O) groups excluding carboxylic acids is 2. The van der Waals surface area contributed by atoms with E-state index in [9.17, 15) is 39.9 Å². The average Bonchev–Trinajstić information content (AvgIpc) is 2.81. The zero-order valence-electron chi connectivity index (χ0n) is 18.4. The molecule has 10 heteroatoms. The topological polar surface area (TPSA) is 171 Å². The molecule has 2 aromatic rings. The number of carbonyl (C=O) groups is 3. The number of rotatable bonds is 7. The Morgan fingerprint density at radius 1 is 0.800 bits per heavy atom. The van der Waals surface area contributed by atoms with E-state index in [1.54, 1.807) is 12.1 Å². The molecule has 1 aliphatic rings. The van der Waals surface area contributed by atoms with E-state index in [-0.39, 0.29) is 11.5 Å². The summed E-state index contributed by atoms with van der Waals surface area (Å²) >= 11 is 0. The molecule has 0 saturated heterocycles. The summed E-state index contributed by atoms with van der Waals surface area (Å²) in [6.45, 7) is 0. The fourth-order valence-corrected chi connectivity index (χ4v) is 3.56. The second kappa shape index (κ2) is 10.9. The molecule has 0 heterocycles. The molecule has 4 atom stereocenters. The van der Waals surface area contributed by atoms with Crippen molar-refractivity contribution in [3.05, 3.63) is 71.8 Å². The third kappa shape index (κ3) is 6.69. The van der Waals surface area contributed by atoms with Gasteiger partial charge in [-0.25, -0.2) is 14.4 Å². The van der Waals surface area contributed by atoms with E-state index in [0.29, 0.717) is 11.1 Å². The second-order valence-electron chi connectivity index (χ2n) is 8.01. The minimum Gasteiger partial charge on any atom is -0.508 e. The van der Waals surface area contributed by atoms with Gasteiger partial charge in [-0.3, -0.25) is 0 Å². The number of benzene rings is 2. The summed E-state index contributed by atoms with van der Waals surface area (Å²) in [6.07, 6.45) is -1.17. The first-order valence-corrected chi connectivity index (χ1v) is 10.6. The van der Waals surface area contributed by atoms with Gasteiger partial charge in [-0.1, -0.05) is 24.3 Å². The zero-order valence-corrected chi connectivity index (χ0v) is 18.4. The van der Waals surface area contributed by atoms with Crippen LogP contribution >= 0.6 is 0 Å². The summed E-state index contributed by atoms with van der Waals surface area (Å²) in [6, 6.07) is 11.8. The third-order valence-electron chi connectivity index (χ3n) is 5.41. The molecule has 3 rings (SSSR count). The van der Waals surface area contributed by atoms with E-state index in [1.807, 2.05) is 0 Å². The highest BCUT2D eigenvalue weighted by Crippen LogP contribution is 2.35. The lowest BCUT2D eigenvalue weighted by Gasteiger charge is -2.41. The quantitative estimate of drug-likeness (QED) is 0.287. The molecular weight excluding hydrogens is 460 g/mol. The van der Waals surface area contributed by atoms with Gasteiger partial charge in [0.15, 0.2) is 0 Å². The number of ether oxygens (including phenoxy) is 2. The fourth-order valence-electron chi connectivity index (χ4n) is 3.56. The Labute approximate surface area is 200 Å². The van der Waals surface area contributed by atoms with Crippen molar-refractivity contribution in [1.82, 2.24) is 0 Å². The first-order valence-electron chi connectivity index (χ1n) is 10.6. The van der Waals surface area contributed by atoms with Gasteiger partial charge in [0.2, 0.25) is 5.60 Å². The number of hydrogen-bond donors (Lipinski definition) is 5. The number of aromatic hydroxyl groups is 2. The highest BCUT2D eigenvalue weighted by atomic mass is 16.6. The Morgan fingerprint density at radius 2 is 1.29 bits per heavy atom. The molecule has 35 heavy (non-hydrogen) atoms. The number of phenols is 2. The molecule has 0 bridgehead atoms. The number of aliphatic hydroxyl groups excluding tert-OH is 2. The number of aliphatic hydroxyl groups is 2. The summed E-state index contributed by atoms with van der Waals surface area (Å²) in [5.41, 5.74) is -1.14. The molecule has 0 radical (unpaired) electrons. The van der Waals surface area contributed by atoms with Crippen molar-refractivity contribution in [2.75, 3.05) is 0 Å². The van der Waals surface area contributed by atoms with Crippen molar-refractivity contribution in [3.8, 4) is 11.5 Å². The maximum Gasteiger partial charge on any atom is 0.348 e. The molecule has 10 nitrogen and oxygen atoms in total. The van der Waals surface area contributed by atoms with Gasteiger partial charge in [-0.05, 0) is 47.5 Å². The second-order valence-corrected chi connectivity index (χ2v) is 8.01. The average molecular weight is 484 g/mol. The van der Waals surface area contributed by atoms with Crippen LogP contribution in [0.3, 0.4) is 0 Å². The van der Waals surface area contributed by atoms with Crippen LogP contribution in [-0.4, -0.2) is 67.4 Å². The number of hydrogen-bond acceptors (Lipinski definition) is 9. The van der Waals surface area contributed by atoms with Gasteiger partial charge < -0.3 is 35.0 Å². The van der Waals surface area contributed by atoms with E-state index < -0.39 is 54.7 Å². The monoisotopic (exact) mass is 484 g/mol. The summed E-state index contributed by atoms with van der Waals surface area (Å²) in [7, 11) is 0. The highest BCUT2D eigenvalue weighted by molar-refractivity contribution is 5.91. The van der Waals surface area contributed by atoms with Crippen molar-refractivity contribution in [2.24, 2.45) is 0 Å². The Hall–Kier alpha value is -4.15. The van der Waals surface area contributed by atoms with E-state index in [0.717, 1.165) is 12.2 Å². The maximum atomic E-state index is 12.4. The van der Waals surface area contributed by atoms with Crippen molar-refractivity contribution in [2.45, 2.75) is 36.8 Å². The highest BCUT2D eigenvalue weighted by Gasteiger charge is 2.54. The summed E-state index contributed by atoms with van der Waals surface area (Å²) < 4.78 is 10.3. The zero-order chi connectivity index (χ0) is 25.6. The Kier molecular flexibility index (Phi) is 7.90. The molecule has 1 aliphatic carbocycles. The van der Waals surface area contributed by atoms with Gasteiger partial charge in [-0.15, -0.1) is 0 Å². The minimum absolute atomic E-state index is 0.0304. The predicted octanol–water partition coefficient (Wildman–Crippen LogP) is 1.62. The van der Waals surface area contributed by atoms with Gasteiger partial charge in [0, 0.05) is 25.0 Å². The van der Waals surface area contributed by atoms with Crippen LogP contribution in [0.25, 0.3) is 12.2 Å². The summed E-state index contributed by atoms with van der Waals surface area (Å²) in [5.74, 6) is -3.45. The van der Waals surface area contributed by atoms with E-state index in [1.165, 1.54) is 48.6 Å². The lowest BCUT2D eigenvalue weighted by molar-refractivity contribution is -0.207. The molecular formula is C25H24O10. The number of esters is 2. The standard InChI is InChI=1S/C25H24O10/c26-17-7-1-15(2-8-17)5-11-21(29)34-20-14-25(24(32)33,13-19(28)23(20)31)35-22(30)12-6-16-3-9-18(27)10-4-16/h1-12,19-20,23,26-28,31H,13-14H2,(H,32,33)/b11-5?,12-6+/t19-,20-,23-,25+/m1/s1. The molecule has 5 N–H and O–H groups in total. The van der Waals surface area contributed by atoms with Crippen LogP contribution in [0.5, 0.6) is 11.5 Å². The first kappa shape index (κ1) is 25.5. The van der Waals surface area contributed by atoms with Gasteiger partial charge in [0.05, 0.1) is 6.10 Å². The molecule has 184 valence electrons. The largest absolute Gasteiger partial charge is 0.508 e. The molecule has 1 saturated carbocycles. The number of aliphatic carboxylic acids is 1. The Morgan fingerprint density at radius 3 is 1.77 bits per heavy atom. The molecule has 0 spiro atoms. The number of carboxylic acids is 1. The first-order chi connectivity index (χ1) is 16.6. The minimum atomic E-state index is -2.25. The Balaban J connectivity index is 1.71. The summed E-state index contributed by atoms with van der Waals surface area (Å²) in [4.78, 5) is 36.7. The smallest absolute Gasteiger partial charge is 0.348 e. The van der Waals surface area contributed by atoms with Crippen molar-refractivity contribution in [1.29, 1.82) is 0 Å². The van der Waals surface area contributed by atoms with Crippen molar-refractivity contribution in [3.63, 3.8) is 0 Å². The molecule has 0 aromatic heterocycles. The molecule has 0 aliphatic heterocycles. The van der Waals surface area contributed by atoms with Crippen LogP contribution in [-0.2, 0) is 23.9 Å². The van der Waals surface area contributed by atoms with Crippen molar-refractivity contribution < 1.29 is 49.4 Å². The van der Waals surface area contributed by atoms with Crippen molar-refractivity contribution >= 4 is 30.1 Å². The van der Waals surface area contributed by atoms with Crippen LogP contribution in [0.15, 0.2) is 60.7 Å². The molecule has 0 amide bonds. The van der Waals surface area contributed by atoms with Crippen LogP contribution in [0, 0.1) is 0 Å².